The number of carbonyl (C=O) groups is 2. The predicted octanol–water partition coefficient (Wildman–Crippen LogP) is 1.67. The van der Waals surface area contributed by atoms with Gasteiger partial charge in [0, 0.05) is 13.8 Å². The molecule has 0 aliphatic rings. The molecule has 0 N–H and O–H groups in total. The third-order valence-corrected chi connectivity index (χ3v) is 2.40. The van der Waals surface area contributed by atoms with Gasteiger partial charge in [0.15, 0.2) is 6.79 Å². The van der Waals surface area contributed by atoms with Crippen LogP contribution in [-0.2, 0) is 35.1 Å². The first-order valence-corrected chi connectivity index (χ1v) is 6.58. The summed E-state index contributed by atoms with van der Waals surface area (Å²) in [6.45, 7) is 3.15. The van der Waals surface area contributed by atoms with Crippen LogP contribution in [0, 0.1) is 0 Å². The monoisotopic (exact) mass is 296 g/mol. The number of benzene rings is 1. The van der Waals surface area contributed by atoms with Gasteiger partial charge in [-0.25, -0.2) is 0 Å². The predicted molar refractivity (Wildman–Crippen MR) is 74.2 cm³/mol. The molecule has 0 radical (unpaired) electrons. The Hall–Kier alpha value is -1.92. The maximum Gasteiger partial charge on any atom is 0.304 e. The van der Waals surface area contributed by atoms with Crippen LogP contribution in [0.5, 0.6) is 0 Å². The molecule has 6 nitrogen and oxygen atoms in total. The van der Waals surface area contributed by atoms with Crippen LogP contribution < -0.4 is 0 Å². The van der Waals surface area contributed by atoms with Crippen LogP contribution in [-0.4, -0.2) is 38.0 Å². The van der Waals surface area contributed by atoms with E-state index < -0.39 is 18.0 Å². The third-order valence-electron chi connectivity index (χ3n) is 2.40. The fraction of sp³-hybridized carbons (Fsp3) is 0.467. The lowest BCUT2D eigenvalue weighted by Crippen LogP contribution is -2.28. The SMILES string of the molecule is CC(=O)OCOCC(COCc1ccccc1)OC(C)=O. The minimum atomic E-state index is -0.540. The van der Waals surface area contributed by atoms with Gasteiger partial charge in [0.1, 0.15) is 6.10 Å². The lowest BCUT2D eigenvalue weighted by atomic mass is 10.2. The van der Waals surface area contributed by atoms with Crippen molar-refractivity contribution in [2.75, 3.05) is 20.0 Å². The second kappa shape index (κ2) is 9.90. The lowest BCUT2D eigenvalue weighted by molar-refractivity contribution is -0.166. The van der Waals surface area contributed by atoms with Crippen LogP contribution in [0.2, 0.25) is 0 Å². The van der Waals surface area contributed by atoms with Crippen molar-refractivity contribution in [3.05, 3.63) is 35.9 Å². The van der Waals surface area contributed by atoms with Gasteiger partial charge < -0.3 is 18.9 Å². The first kappa shape index (κ1) is 17.1. The summed E-state index contributed by atoms with van der Waals surface area (Å²) in [6.07, 6.45) is -0.540. The second-order valence-corrected chi connectivity index (χ2v) is 4.36. The summed E-state index contributed by atoms with van der Waals surface area (Å²) in [7, 11) is 0. The van der Waals surface area contributed by atoms with Crippen molar-refractivity contribution in [3.8, 4) is 0 Å². The minimum Gasteiger partial charge on any atom is -0.458 e. The molecule has 0 fully saturated rings. The molecule has 0 saturated carbocycles. The summed E-state index contributed by atoms with van der Waals surface area (Å²) in [5.41, 5.74) is 1.03. The fourth-order valence-electron chi connectivity index (χ4n) is 1.54. The van der Waals surface area contributed by atoms with Gasteiger partial charge in [-0.1, -0.05) is 30.3 Å². The molecule has 1 unspecified atom stereocenters. The Morgan fingerprint density at radius 1 is 1.00 bits per heavy atom. The Kier molecular flexibility index (Phi) is 8.08. The number of carbonyl (C=O) groups excluding carboxylic acids is 2. The zero-order valence-electron chi connectivity index (χ0n) is 12.2. The summed E-state index contributed by atoms with van der Waals surface area (Å²) in [5, 5.41) is 0. The molecular formula is C15H20O6. The molecule has 0 saturated heterocycles. The maximum atomic E-state index is 11.0. The molecule has 1 aromatic carbocycles. The van der Waals surface area contributed by atoms with Crippen LogP contribution in [0.4, 0.5) is 0 Å². The molecular weight excluding hydrogens is 276 g/mol. The average molecular weight is 296 g/mol. The fourth-order valence-corrected chi connectivity index (χ4v) is 1.54. The first-order valence-electron chi connectivity index (χ1n) is 6.58. The van der Waals surface area contributed by atoms with Gasteiger partial charge in [-0.3, -0.25) is 9.59 Å². The number of hydrogen-bond acceptors (Lipinski definition) is 6. The largest absolute Gasteiger partial charge is 0.458 e. The maximum absolute atomic E-state index is 11.0. The Balaban J connectivity index is 2.28. The summed E-state index contributed by atoms with van der Waals surface area (Å²) in [4.78, 5) is 21.6. The molecule has 1 atom stereocenters. The van der Waals surface area contributed by atoms with Crippen LogP contribution in [0.3, 0.4) is 0 Å². The van der Waals surface area contributed by atoms with E-state index in [4.69, 9.17) is 14.2 Å². The van der Waals surface area contributed by atoms with E-state index in [0.29, 0.717) is 6.61 Å². The lowest BCUT2D eigenvalue weighted by Gasteiger charge is -2.17. The van der Waals surface area contributed by atoms with E-state index >= 15 is 0 Å². The first-order chi connectivity index (χ1) is 10.1. The van der Waals surface area contributed by atoms with Gasteiger partial charge in [0.05, 0.1) is 19.8 Å². The van der Waals surface area contributed by atoms with Gasteiger partial charge in [-0.2, -0.15) is 0 Å². The van der Waals surface area contributed by atoms with Crippen molar-refractivity contribution in [2.45, 2.75) is 26.6 Å². The van der Waals surface area contributed by atoms with Crippen LogP contribution in [0.25, 0.3) is 0 Å². The molecule has 1 rings (SSSR count). The smallest absolute Gasteiger partial charge is 0.304 e. The zero-order valence-corrected chi connectivity index (χ0v) is 12.2. The summed E-state index contributed by atoms with van der Waals surface area (Å²) >= 11 is 0. The highest BCUT2D eigenvalue weighted by atomic mass is 16.7. The molecule has 116 valence electrons. The van der Waals surface area contributed by atoms with Crippen molar-refractivity contribution in [2.24, 2.45) is 0 Å². The van der Waals surface area contributed by atoms with E-state index in [1.807, 2.05) is 30.3 Å². The van der Waals surface area contributed by atoms with E-state index in [2.05, 4.69) is 4.74 Å². The van der Waals surface area contributed by atoms with Crippen molar-refractivity contribution >= 4 is 11.9 Å². The summed E-state index contributed by atoms with van der Waals surface area (Å²) in [6, 6.07) is 9.65. The van der Waals surface area contributed by atoms with E-state index in [9.17, 15) is 9.59 Å². The third kappa shape index (κ3) is 8.78. The van der Waals surface area contributed by atoms with Crippen LogP contribution in [0.1, 0.15) is 19.4 Å². The Bertz CT molecular complexity index is 431. The number of ether oxygens (including phenoxy) is 4. The quantitative estimate of drug-likeness (QED) is 0.392. The molecule has 0 aliphatic heterocycles. The van der Waals surface area contributed by atoms with Crippen molar-refractivity contribution < 1.29 is 28.5 Å². The molecule has 6 heteroatoms. The number of hydrogen-bond donors (Lipinski definition) is 0. The van der Waals surface area contributed by atoms with Crippen molar-refractivity contribution in [3.63, 3.8) is 0 Å². The molecule has 0 heterocycles. The van der Waals surface area contributed by atoms with E-state index in [-0.39, 0.29) is 20.0 Å². The topological polar surface area (TPSA) is 71.1 Å². The van der Waals surface area contributed by atoms with Gasteiger partial charge in [-0.15, -0.1) is 0 Å². The summed E-state index contributed by atoms with van der Waals surface area (Å²) < 4.78 is 20.3. The Labute approximate surface area is 123 Å². The van der Waals surface area contributed by atoms with Crippen LogP contribution >= 0.6 is 0 Å². The van der Waals surface area contributed by atoms with Crippen molar-refractivity contribution in [1.82, 2.24) is 0 Å². The van der Waals surface area contributed by atoms with Gasteiger partial charge in [-0.05, 0) is 5.56 Å². The molecule has 0 amide bonds. The standard InChI is InChI=1S/C15H20O6/c1-12(16)20-11-19-10-15(21-13(2)17)9-18-8-14-6-4-3-5-7-14/h3-7,15H,8-11H2,1-2H3. The molecule has 0 aliphatic carbocycles. The molecule has 0 aromatic heterocycles. The molecule has 1 aromatic rings. The van der Waals surface area contributed by atoms with E-state index in [0.717, 1.165) is 5.56 Å². The van der Waals surface area contributed by atoms with Gasteiger partial charge >= 0.3 is 11.9 Å². The number of esters is 2. The van der Waals surface area contributed by atoms with Gasteiger partial charge in [0.25, 0.3) is 0 Å². The van der Waals surface area contributed by atoms with E-state index in [1.54, 1.807) is 0 Å². The average Bonchev–Trinajstić information content (AvgIpc) is 2.43. The Morgan fingerprint density at radius 2 is 1.67 bits per heavy atom. The molecule has 0 spiro atoms. The number of rotatable bonds is 9. The van der Waals surface area contributed by atoms with Crippen LogP contribution in [0.15, 0.2) is 30.3 Å². The summed E-state index contributed by atoms with van der Waals surface area (Å²) in [5.74, 6) is -0.848. The molecule has 21 heavy (non-hydrogen) atoms. The van der Waals surface area contributed by atoms with Crippen molar-refractivity contribution in [1.29, 1.82) is 0 Å². The molecule has 0 bridgehead atoms. The zero-order chi connectivity index (χ0) is 15.5. The second-order valence-electron chi connectivity index (χ2n) is 4.36. The normalized spacial score (nSPS) is 11.7. The highest BCUT2D eigenvalue weighted by molar-refractivity contribution is 5.66. The Morgan fingerprint density at radius 3 is 2.29 bits per heavy atom. The highest BCUT2D eigenvalue weighted by Crippen LogP contribution is 2.03. The highest BCUT2D eigenvalue weighted by Gasteiger charge is 2.13. The minimum absolute atomic E-state index is 0.0989. The van der Waals surface area contributed by atoms with Gasteiger partial charge in [0.2, 0.25) is 0 Å². The van der Waals surface area contributed by atoms with E-state index in [1.165, 1.54) is 13.8 Å².